The summed E-state index contributed by atoms with van der Waals surface area (Å²) in [5.41, 5.74) is 8.92. The number of rotatable bonds is 10. The van der Waals surface area contributed by atoms with Crippen molar-refractivity contribution in [2.75, 3.05) is 21.3 Å². The first-order valence-electron chi connectivity index (χ1n) is 23.7. The lowest BCUT2D eigenvalue weighted by Crippen LogP contribution is -2.53. The molecule has 53 heavy (non-hydrogen) atoms. The highest BCUT2D eigenvalue weighted by Crippen LogP contribution is 2.55. The molecule has 302 valence electrons. The van der Waals surface area contributed by atoms with E-state index in [1.165, 1.54) is 173 Å². The van der Waals surface area contributed by atoms with Gasteiger partial charge in [-0.1, -0.05) is 12.8 Å². The van der Waals surface area contributed by atoms with E-state index in [-0.39, 0.29) is 0 Å². The van der Waals surface area contributed by atoms with E-state index in [1.807, 2.05) is 26.9 Å². The number of nitrogens with two attached hydrogens (primary N) is 1. The summed E-state index contributed by atoms with van der Waals surface area (Å²) in [4.78, 5) is 3.13. The number of nitrogens with one attached hydrogen (secondary N) is 1. The van der Waals surface area contributed by atoms with Crippen LogP contribution in [0, 0.1) is 47.3 Å². The maximum Gasteiger partial charge on any atom is 0.102 e. The number of hydrogen-bond acceptors (Lipinski definition) is 6. The second kappa shape index (κ2) is 18.2. The van der Waals surface area contributed by atoms with Crippen LogP contribution in [0.25, 0.3) is 0 Å². The molecule has 8 aliphatic rings. The molecule has 0 radical (unpaired) electrons. The van der Waals surface area contributed by atoms with Crippen LogP contribution in [0.3, 0.4) is 0 Å². The van der Waals surface area contributed by atoms with Crippen molar-refractivity contribution in [1.29, 1.82) is 0 Å². The van der Waals surface area contributed by atoms with Gasteiger partial charge in [0.2, 0.25) is 0 Å². The van der Waals surface area contributed by atoms with E-state index in [9.17, 15) is 0 Å². The predicted molar refractivity (Wildman–Crippen MR) is 216 cm³/mol. The Morgan fingerprint density at radius 2 is 0.925 bits per heavy atom. The quantitative estimate of drug-likeness (QED) is 0.233. The molecular formula is C47H81N3O3. The van der Waals surface area contributed by atoms with Crippen molar-refractivity contribution in [2.45, 2.75) is 216 Å². The minimum absolute atomic E-state index is 0.293. The Morgan fingerprint density at radius 1 is 0.491 bits per heavy atom. The second-order valence-corrected chi connectivity index (χ2v) is 20.2. The van der Waals surface area contributed by atoms with Crippen molar-refractivity contribution in [3.8, 4) is 0 Å². The fourth-order valence-electron chi connectivity index (χ4n) is 14.5. The topological polar surface area (TPSA) is 69.0 Å². The van der Waals surface area contributed by atoms with E-state index in [1.54, 1.807) is 5.82 Å². The lowest BCUT2D eigenvalue weighted by molar-refractivity contribution is 0.0201. The van der Waals surface area contributed by atoms with Gasteiger partial charge in [0.1, 0.15) is 5.82 Å². The summed E-state index contributed by atoms with van der Waals surface area (Å²) in [7, 11) is 5.78. The van der Waals surface area contributed by atoms with Crippen LogP contribution in [0.4, 0.5) is 0 Å². The number of hydrogen-bond donors (Lipinski definition) is 2. The van der Waals surface area contributed by atoms with Gasteiger partial charge in [0.05, 0.1) is 18.3 Å². The third kappa shape index (κ3) is 8.72. The summed E-state index contributed by atoms with van der Waals surface area (Å²) < 4.78 is 17.4. The number of methoxy groups -OCH3 is 3. The third-order valence-corrected chi connectivity index (χ3v) is 17.8. The first-order valence-corrected chi connectivity index (χ1v) is 23.7. The Kier molecular flexibility index (Phi) is 13.4. The zero-order valence-electron chi connectivity index (χ0n) is 34.5. The van der Waals surface area contributed by atoms with Gasteiger partial charge in [-0.3, -0.25) is 0 Å². The van der Waals surface area contributed by atoms with Gasteiger partial charge in [0.25, 0.3) is 0 Å². The summed E-state index contributed by atoms with van der Waals surface area (Å²) in [6.45, 7) is 0. The highest BCUT2D eigenvalue weighted by molar-refractivity contribution is 5.30. The highest BCUT2D eigenvalue weighted by Gasteiger charge is 2.51. The Morgan fingerprint density at radius 3 is 1.42 bits per heavy atom. The Hall–Kier alpha value is -0.820. The molecule has 5 atom stereocenters. The van der Waals surface area contributed by atoms with Crippen LogP contribution in [0.1, 0.15) is 173 Å². The van der Waals surface area contributed by atoms with Crippen LogP contribution in [-0.4, -0.2) is 68.7 Å². The summed E-state index contributed by atoms with van der Waals surface area (Å²) in [5.74, 6) is 8.69. The molecule has 6 heteroatoms. The standard InChI is InChI=1S/C47H81N3O3/c1-51-39-23-14-33(15-24-39)31-8-10-36(11-9-31)46-42-30-37(35-18-27-41(53-3)28-19-35)20-29-45(42)50(47(46)49-44-7-5-4-6-43(44)48)38-21-12-32(13-22-38)34-16-25-40(52-2)26-17-34/h31-45,49H,4-30,48H2,1-3H3. The molecule has 6 nitrogen and oxygen atoms in total. The van der Waals surface area contributed by atoms with Gasteiger partial charge in [-0.15, -0.1) is 0 Å². The normalized spacial score (nSPS) is 45.9. The molecule has 8 rings (SSSR count). The van der Waals surface area contributed by atoms with E-state index >= 15 is 0 Å². The average Bonchev–Trinajstić information content (AvgIpc) is 3.54. The van der Waals surface area contributed by atoms with Gasteiger partial charge in [-0.2, -0.15) is 0 Å². The SMILES string of the molecule is COC1CCC(C2CCC(C3=C(NC4CCCCC4N)N(C4CCC(C5CCC(OC)CC5)CC4)C4CCC(C5CCC(OC)CC5)CC34)CC2)CC1. The predicted octanol–water partition coefficient (Wildman–Crippen LogP) is 10.1. The third-order valence-electron chi connectivity index (χ3n) is 17.8. The molecule has 0 aromatic rings. The monoisotopic (exact) mass is 736 g/mol. The van der Waals surface area contributed by atoms with E-state index < -0.39 is 0 Å². The van der Waals surface area contributed by atoms with E-state index in [0.29, 0.717) is 42.5 Å². The molecule has 3 N–H and O–H groups in total. The van der Waals surface area contributed by atoms with Gasteiger partial charge in [0, 0.05) is 51.4 Å². The van der Waals surface area contributed by atoms with Gasteiger partial charge in [-0.05, 0) is 208 Å². The first-order chi connectivity index (χ1) is 26.0. The van der Waals surface area contributed by atoms with Crippen LogP contribution in [0.15, 0.2) is 11.4 Å². The average molecular weight is 736 g/mol. The van der Waals surface area contributed by atoms with Crippen LogP contribution in [0.5, 0.6) is 0 Å². The van der Waals surface area contributed by atoms with Crippen LogP contribution >= 0.6 is 0 Å². The van der Waals surface area contributed by atoms with Gasteiger partial charge in [0.15, 0.2) is 0 Å². The minimum atomic E-state index is 0.293. The van der Waals surface area contributed by atoms with Gasteiger partial charge < -0.3 is 30.2 Å². The Bertz CT molecular complexity index is 1150. The molecule has 7 fully saturated rings. The molecule has 5 unspecified atom stereocenters. The molecule has 0 saturated heterocycles. The van der Waals surface area contributed by atoms with Crippen molar-refractivity contribution in [3.63, 3.8) is 0 Å². The fourth-order valence-corrected chi connectivity index (χ4v) is 14.5. The molecule has 0 amide bonds. The molecule has 1 heterocycles. The van der Waals surface area contributed by atoms with Crippen molar-refractivity contribution in [1.82, 2.24) is 10.2 Å². The van der Waals surface area contributed by atoms with E-state index in [2.05, 4.69) is 10.2 Å². The van der Waals surface area contributed by atoms with Crippen LogP contribution in [-0.2, 0) is 14.2 Å². The smallest absolute Gasteiger partial charge is 0.102 e. The second-order valence-electron chi connectivity index (χ2n) is 20.2. The van der Waals surface area contributed by atoms with Crippen LogP contribution < -0.4 is 11.1 Å². The molecule has 7 aliphatic carbocycles. The van der Waals surface area contributed by atoms with Crippen LogP contribution in [0.2, 0.25) is 0 Å². The van der Waals surface area contributed by atoms with Crippen molar-refractivity contribution < 1.29 is 14.2 Å². The minimum Gasteiger partial charge on any atom is -0.381 e. The maximum atomic E-state index is 7.00. The summed E-state index contributed by atoms with van der Waals surface area (Å²) >= 11 is 0. The Labute approximate surface area is 325 Å². The molecule has 1 aliphatic heterocycles. The van der Waals surface area contributed by atoms with Crippen molar-refractivity contribution in [3.05, 3.63) is 11.4 Å². The summed E-state index contributed by atoms with van der Waals surface area (Å²) in [6, 6.07) is 2.15. The zero-order chi connectivity index (χ0) is 36.3. The fraction of sp³-hybridized carbons (Fsp3) is 0.957. The number of fused-ring (bicyclic) bond motifs is 1. The first kappa shape index (κ1) is 39.0. The van der Waals surface area contributed by atoms with Gasteiger partial charge >= 0.3 is 0 Å². The molecule has 0 aromatic heterocycles. The lowest BCUT2D eigenvalue weighted by atomic mass is 9.64. The molecule has 0 bridgehead atoms. The van der Waals surface area contributed by atoms with E-state index in [4.69, 9.17) is 19.9 Å². The molecular weight excluding hydrogens is 655 g/mol. The zero-order valence-corrected chi connectivity index (χ0v) is 34.5. The molecule has 0 spiro atoms. The number of nitrogens with zero attached hydrogens (tertiary/aromatic N) is 1. The lowest BCUT2D eigenvalue weighted by Gasteiger charge is -2.47. The highest BCUT2D eigenvalue weighted by atomic mass is 16.5. The summed E-state index contributed by atoms with van der Waals surface area (Å²) in [5, 5.41) is 4.43. The van der Waals surface area contributed by atoms with E-state index in [0.717, 1.165) is 47.3 Å². The maximum absolute atomic E-state index is 7.00. The Balaban J connectivity index is 1.04. The van der Waals surface area contributed by atoms with Crippen molar-refractivity contribution >= 4 is 0 Å². The number of ether oxygens (including phenoxy) is 3. The summed E-state index contributed by atoms with van der Waals surface area (Å²) in [6.07, 6.45) is 38.3. The van der Waals surface area contributed by atoms with Gasteiger partial charge in [-0.25, -0.2) is 0 Å². The molecule has 0 aromatic carbocycles. The molecule has 7 saturated carbocycles. The largest absolute Gasteiger partial charge is 0.381 e. The van der Waals surface area contributed by atoms with Crippen molar-refractivity contribution in [2.24, 2.45) is 53.1 Å².